The Labute approximate surface area is 81.8 Å². The third-order valence-corrected chi connectivity index (χ3v) is 2.25. The molecule has 0 aliphatic carbocycles. The summed E-state index contributed by atoms with van der Waals surface area (Å²) in [5.74, 6) is 1.15. The number of nitrogens with two attached hydrogens (primary N) is 1. The Balaban J connectivity index is 4.05. The molecule has 0 radical (unpaired) electrons. The van der Waals surface area contributed by atoms with Gasteiger partial charge in [0.15, 0.2) is 5.96 Å². The van der Waals surface area contributed by atoms with E-state index in [1.54, 1.807) is 0 Å². The van der Waals surface area contributed by atoms with Crippen LogP contribution in [0, 0.1) is 5.92 Å². The molecule has 0 amide bonds. The lowest BCUT2D eigenvalue weighted by molar-refractivity contribution is 0.469. The Kier molecular flexibility index (Phi) is 5.51. The van der Waals surface area contributed by atoms with Crippen LogP contribution >= 0.6 is 0 Å². The van der Waals surface area contributed by atoms with Gasteiger partial charge in [0.05, 0.1) is 6.04 Å². The smallest absolute Gasteiger partial charge is 0.189 e. The lowest BCUT2D eigenvalue weighted by Gasteiger charge is -2.16. The van der Waals surface area contributed by atoms with E-state index >= 15 is 0 Å². The molecule has 0 aromatic rings. The highest BCUT2D eigenvalue weighted by Crippen LogP contribution is 2.09. The van der Waals surface area contributed by atoms with Gasteiger partial charge in [-0.05, 0) is 26.7 Å². The van der Waals surface area contributed by atoms with Gasteiger partial charge in [-0.2, -0.15) is 0 Å². The highest BCUT2D eigenvalue weighted by atomic mass is 15.1. The van der Waals surface area contributed by atoms with E-state index in [9.17, 15) is 0 Å². The lowest BCUT2D eigenvalue weighted by Crippen LogP contribution is -2.38. The molecule has 0 spiro atoms. The minimum absolute atomic E-state index is 0.302. The van der Waals surface area contributed by atoms with Gasteiger partial charge in [-0.1, -0.05) is 20.3 Å². The molecule has 0 rings (SSSR count). The van der Waals surface area contributed by atoms with Crippen LogP contribution in [0.25, 0.3) is 0 Å². The Bertz CT molecular complexity index is 164. The van der Waals surface area contributed by atoms with Crippen LogP contribution in [0.2, 0.25) is 0 Å². The van der Waals surface area contributed by atoms with Crippen molar-refractivity contribution < 1.29 is 0 Å². The molecule has 0 aromatic carbocycles. The van der Waals surface area contributed by atoms with Crippen molar-refractivity contribution in [2.24, 2.45) is 16.6 Å². The molecule has 2 atom stereocenters. The fraction of sp³-hybridized carbons (Fsp3) is 0.900. The molecule has 0 fully saturated rings. The van der Waals surface area contributed by atoms with Crippen molar-refractivity contribution in [3.05, 3.63) is 0 Å². The van der Waals surface area contributed by atoms with Crippen molar-refractivity contribution >= 4 is 5.96 Å². The third-order valence-electron chi connectivity index (χ3n) is 2.25. The number of hydrogen-bond acceptors (Lipinski definition) is 1. The van der Waals surface area contributed by atoms with Crippen LogP contribution in [0.4, 0.5) is 0 Å². The maximum Gasteiger partial charge on any atom is 0.189 e. The summed E-state index contributed by atoms with van der Waals surface area (Å²) in [5.41, 5.74) is 5.71. The molecule has 0 saturated heterocycles. The second kappa shape index (κ2) is 5.84. The van der Waals surface area contributed by atoms with Crippen molar-refractivity contribution in [1.82, 2.24) is 5.32 Å². The normalized spacial score (nSPS) is 17.2. The average Bonchev–Trinajstić information content (AvgIpc) is 2.01. The first kappa shape index (κ1) is 12.3. The number of nitrogens with zero attached hydrogens (tertiary/aromatic N) is 1. The van der Waals surface area contributed by atoms with E-state index < -0.39 is 0 Å². The standard InChI is InChI=1S/C10H23N3/c1-6-8(4)9(5)13-10(11)12-7(2)3/h7-9H,6H2,1-5H3,(H3,11,12,13). The van der Waals surface area contributed by atoms with Crippen LogP contribution in [-0.4, -0.2) is 18.0 Å². The molecule has 3 heteroatoms. The Morgan fingerprint density at radius 3 is 2.23 bits per heavy atom. The zero-order chi connectivity index (χ0) is 10.4. The average molecular weight is 185 g/mol. The van der Waals surface area contributed by atoms with E-state index in [1.165, 1.54) is 0 Å². The largest absolute Gasteiger partial charge is 0.370 e. The summed E-state index contributed by atoms with van der Waals surface area (Å²) in [6.07, 6.45) is 1.14. The van der Waals surface area contributed by atoms with E-state index in [4.69, 9.17) is 5.73 Å². The number of hydrogen-bond donors (Lipinski definition) is 2. The Morgan fingerprint density at radius 2 is 1.85 bits per heavy atom. The van der Waals surface area contributed by atoms with Crippen LogP contribution in [0.15, 0.2) is 4.99 Å². The van der Waals surface area contributed by atoms with Gasteiger partial charge < -0.3 is 11.1 Å². The van der Waals surface area contributed by atoms with Crippen molar-refractivity contribution in [2.75, 3.05) is 0 Å². The van der Waals surface area contributed by atoms with Gasteiger partial charge in [-0.15, -0.1) is 0 Å². The summed E-state index contributed by atoms with van der Waals surface area (Å²) in [5, 5.41) is 3.08. The van der Waals surface area contributed by atoms with Crippen molar-refractivity contribution in [3.63, 3.8) is 0 Å². The molecule has 0 saturated carbocycles. The predicted octanol–water partition coefficient (Wildman–Crippen LogP) is 1.73. The van der Waals surface area contributed by atoms with Gasteiger partial charge in [-0.3, -0.25) is 4.99 Å². The van der Waals surface area contributed by atoms with Gasteiger partial charge >= 0.3 is 0 Å². The summed E-state index contributed by atoms with van der Waals surface area (Å²) < 4.78 is 0. The minimum Gasteiger partial charge on any atom is -0.370 e. The second-order valence-electron chi connectivity index (χ2n) is 3.94. The zero-order valence-electron chi connectivity index (χ0n) is 9.46. The van der Waals surface area contributed by atoms with E-state index in [2.05, 4.69) is 44.9 Å². The summed E-state index contributed by atoms with van der Waals surface area (Å²) in [4.78, 5) is 4.37. The molecule has 0 aliphatic heterocycles. The van der Waals surface area contributed by atoms with E-state index in [-0.39, 0.29) is 0 Å². The first-order chi connectivity index (χ1) is 5.97. The SMILES string of the molecule is CCC(C)C(C)N=C(N)NC(C)C. The summed E-state index contributed by atoms with van der Waals surface area (Å²) in [6.45, 7) is 10.6. The molecule has 3 nitrogen and oxygen atoms in total. The molecule has 3 N–H and O–H groups in total. The molecule has 0 aromatic heterocycles. The summed E-state index contributed by atoms with van der Waals surface area (Å²) in [7, 11) is 0. The number of rotatable bonds is 4. The first-order valence-corrected chi connectivity index (χ1v) is 5.07. The van der Waals surface area contributed by atoms with Gasteiger partial charge in [-0.25, -0.2) is 0 Å². The Hall–Kier alpha value is -0.730. The highest BCUT2D eigenvalue weighted by Gasteiger charge is 2.08. The molecular weight excluding hydrogens is 162 g/mol. The first-order valence-electron chi connectivity index (χ1n) is 5.07. The number of nitrogens with one attached hydrogen (secondary N) is 1. The molecule has 0 heterocycles. The van der Waals surface area contributed by atoms with Crippen LogP contribution in [0.3, 0.4) is 0 Å². The van der Waals surface area contributed by atoms with Crippen molar-refractivity contribution in [1.29, 1.82) is 0 Å². The van der Waals surface area contributed by atoms with E-state index in [0.717, 1.165) is 6.42 Å². The van der Waals surface area contributed by atoms with Gasteiger partial charge in [0.1, 0.15) is 0 Å². The quantitative estimate of drug-likeness (QED) is 0.517. The molecule has 2 unspecified atom stereocenters. The van der Waals surface area contributed by atoms with Crippen LogP contribution in [0.5, 0.6) is 0 Å². The highest BCUT2D eigenvalue weighted by molar-refractivity contribution is 5.78. The zero-order valence-corrected chi connectivity index (χ0v) is 9.46. The van der Waals surface area contributed by atoms with Gasteiger partial charge in [0.25, 0.3) is 0 Å². The topological polar surface area (TPSA) is 50.4 Å². The molecule has 0 aliphatic rings. The summed E-state index contributed by atoms with van der Waals surface area (Å²) in [6, 6.07) is 0.657. The molecule has 78 valence electrons. The third kappa shape index (κ3) is 5.50. The van der Waals surface area contributed by atoms with Crippen LogP contribution in [0.1, 0.15) is 41.0 Å². The predicted molar refractivity (Wildman–Crippen MR) is 58.8 cm³/mol. The van der Waals surface area contributed by atoms with Crippen LogP contribution in [-0.2, 0) is 0 Å². The maximum absolute atomic E-state index is 5.71. The van der Waals surface area contributed by atoms with Crippen molar-refractivity contribution in [2.45, 2.75) is 53.1 Å². The lowest BCUT2D eigenvalue weighted by atomic mass is 10.0. The second-order valence-corrected chi connectivity index (χ2v) is 3.94. The number of aliphatic imine (C=N–C) groups is 1. The molecule has 0 bridgehead atoms. The number of guanidine groups is 1. The fourth-order valence-electron chi connectivity index (χ4n) is 1.02. The summed E-state index contributed by atoms with van der Waals surface area (Å²) >= 11 is 0. The molecule has 13 heavy (non-hydrogen) atoms. The maximum atomic E-state index is 5.71. The monoisotopic (exact) mass is 185 g/mol. The van der Waals surface area contributed by atoms with Crippen LogP contribution < -0.4 is 11.1 Å². The van der Waals surface area contributed by atoms with E-state index in [1.807, 2.05) is 0 Å². The fourth-order valence-corrected chi connectivity index (χ4v) is 1.02. The van der Waals surface area contributed by atoms with Gasteiger partial charge in [0.2, 0.25) is 0 Å². The van der Waals surface area contributed by atoms with Gasteiger partial charge in [0, 0.05) is 6.04 Å². The van der Waals surface area contributed by atoms with E-state index in [0.29, 0.717) is 24.0 Å². The van der Waals surface area contributed by atoms with Crippen molar-refractivity contribution in [3.8, 4) is 0 Å². The molecular formula is C10H23N3. The Morgan fingerprint density at radius 1 is 1.31 bits per heavy atom. The minimum atomic E-state index is 0.302.